The summed E-state index contributed by atoms with van der Waals surface area (Å²) in [5.74, 6) is 0.731. The zero-order chi connectivity index (χ0) is 16.9. The normalized spacial score (nSPS) is 11.5. The molecule has 120 valence electrons. The van der Waals surface area contributed by atoms with Crippen LogP contribution in [0.1, 0.15) is 12.5 Å². The Kier molecular flexibility index (Phi) is 4.25. The number of rotatable bonds is 5. The summed E-state index contributed by atoms with van der Waals surface area (Å²) in [6, 6.07) is 10.2. The number of furan rings is 1. The van der Waals surface area contributed by atoms with E-state index in [0.717, 1.165) is 5.56 Å². The summed E-state index contributed by atoms with van der Waals surface area (Å²) in [5.41, 5.74) is 1.25. The van der Waals surface area contributed by atoms with E-state index in [9.17, 15) is 4.79 Å². The molecule has 0 bridgehead atoms. The Hall–Kier alpha value is -3.60. The molecule has 8 nitrogen and oxygen atoms in total. The molecule has 0 spiro atoms. The molecule has 0 aliphatic rings. The number of aromatic amines is 1. The van der Waals surface area contributed by atoms with E-state index in [4.69, 9.17) is 14.4 Å². The lowest BCUT2D eigenvalue weighted by molar-refractivity contribution is -0.122. The van der Waals surface area contributed by atoms with Gasteiger partial charge in [0.2, 0.25) is 5.95 Å². The van der Waals surface area contributed by atoms with Crippen LogP contribution in [0.15, 0.2) is 47.3 Å². The van der Waals surface area contributed by atoms with Gasteiger partial charge in [-0.2, -0.15) is 10.2 Å². The molecule has 8 heteroatoms. The number of ether oxygens (including phenoxy) is 1. The molecule has 3 aromatic rings. The highest BCUT2D eigenvalue weighted by Crippen LogP contribution is 2.17. The predicted molar refractivity (Wildman–Crippen MR) is 84.0 cm³/mol. The third-order valence-corrected chi connectivity index (χ3v) is 3.18. The minimum atomic E-state index is -0.756. The molecule has 1 amide bonds. The molecule has 2 aromatic heterocycles. The molecule has 2 N–H and O–H groups in total. The average Bonchev–Trinajstić information content (AvgIpc) is 3.26. The maximum Gasteiger partial charge on any atom is 0.267 e. The zero-order valence-corrected chi connectivity index (χ0v) is 12.7. The molecule has 24 heavy (non-hydrogen) atoms. The molecular weight excluding hydrogens is 310 g/mol. The number of hydrogen-bond acceptors (Lipinski definition) is 6. The predicted octanol–water partition coefficient (Wildman–Crippen LogP) is 2.34. The number of aromatic nitrogens is 3. The van der Waals surface area contributed by atoms with E-state index in [2.05, 4.69) is 20.5 Å². The van der Waals surface area contributed by atoms with Crippen molar-refractivity contribution in [2.24, 2.45) is 0 Å². The summed E-state index contributed by atoms with van der Waals surface area (Å²) in [5, 5.41) is 18.0. The lowest BCUT2D eigenvalue weighted by atomic mass is 10.2. The van der Waals surface area contributed by atoms with E-state index in [-0.39, 0.29) is 5.95 Å². The van der Waals surface area contributed by atoms with E-state index in [1.54, 1.807) is 37.3 Å². The fourth-order valence-electron chi connectivity index (χ4n) is 1.92. The van der Waals surface area contributed by atoms with E-state index in [0.29, 0.717) is 17.1 Å². The third kappa shape index (κ3) is 3.41. The second-order valence-corrected chi connectivity index (χ2v) is 4.91. The molecule has 3 rings (SSSR count). The fraction of sp³-hybridized carbons (Fsp3) is 0.125. The summed E-state index contributed by atoms with van der Waals surface area (Å²) in [6.45, 7) is 1.61. The lowest BCUT2D eigenvalue weighted by Crippen LogP contribution is -2.30. The number of amides is 1. The van der Waals surface area contributed by atoms with Crippen LogP contribution in [0.4, 0.5) is 5.95 Å². The lowest BCUT2D eigenvalue weighted by Gasteiger charge is -2.13. The van der Waals surface area contributed by atoms with Crippen molar-refractivity contribution in [3.8, 4) is 23.2 Å². The molecule has 1 unspecified atom stereocenters. The molecule has 0 aliphatic carbocycles. The van der Waals surface area contributed by atoms with Gasteiger partial charge in [-0.15, -0.1) is 5.10 Å². The van der Waals surface area contributed by atoms with Gasteiger partial charge in [-0.3, -0.25) is 15.2 Å². The van der Waals surface area contributed by atoms with E-state index in [1.165, 1.54) is 12.5 Å². The van der Waals surface area contributed by atoms with Crippen LogP contribution in [-0.2, 0) is 4.79 Å². The monoisotopic (exact) mass is 323 g/mol. The first-order valence-electron chi connectivity index (χ1n) is 7.08. The Morgan fingerprint density at radius 2 is 2.17 bits per heavy atom. The second kappa shape index (κ2) is 6.66. The van der Waals surface area contributed by atoms with Crippen LogP contribution in [0.25, 0.3) is 11.4 Å². The minimum Gasteiger partial charge on any atom is -0.481 e. The van der Waals surface area contributed by atoms with Crippen molar-refractivity contribution in [2.75, 3.05) is 5.32 Å². The van der Waals surface area contributed by atoms with Gasteiger partial charge in [0.05, 0.1) is 23.5 Å². The molecule has 0 saturated heterocycles. The van der Waals surface area contributed by atoms with Crippen molar-refractivity contribution < 1.29 is 13.9 Å². The SMILES string of the molecule is CC(Oc1ccc(C#N)cc1)C(=O)Nc1n[nH]c(-c2ccoc2)n1. The molecule has 0 aliphatic heterocycles. The molecule has 2 heterocycles. The smallest absolute Gasteiger partial charge is 0.267 e. The third-order valence-electron chi connectivity index (χ3n) is 3.18. The van der Waals surface area contributed by atoms with Gasteiger partial charge in [-0.25, -0.2) is 0 Å². The number of nitrogens with zero attached hydrogens (tertiary/aromatic N) is 3. The molecular formula is C16H13N5O3. The van der Waals surface area contributed by atoms with Crippen LogP contribution in [0.3, 0.4) is 0 Å². The summed E-state index contributed by atoms with van der Waals surface area (Å²) >= 11 is 0. The van der Waals surface area contributed by atoms with E-state index >= 15 is 0 Å². The van der Waals surface area contributed by atoms with Crippen LogP contribution in [0.2, 0.25) is 0 Å². The Labute approximate surface area is 137 Å². The standard InChI is InChI=1S/C16H13N5O3/c1-10(24-13-4-2-11(8-17)3-5-13)15(22)19-16-18-14(20-21-16)12-6-7-23-9-12/h2-7,9-10H,1H3,(H2,18,19,20,21,22). The number of nitrogens with one attached hydrogen (secondary N) is 2. The van der Waals surface area contributed by atoms with Crippen molar-refractivity contribution in [3.63, 3.8) is 0 Å². The Morgan fingerprint density at radius 3 is 2.83 bits per heavy atom. The average molecular weight is 323 g/mol. The summed E-state index contributed by atoms with van der Waals surface area (Å²) in [4.78, 5) is 16.3. The van der Waals surface area contributed by atoms with Crippen LogP contribution >= 0.6 is 0 Å². The summed E-state index contributed by atoms with van der Waals surface area (Å²) < 4.78 is 10.5. The first-order chi connectivity index (χ1) is 11.7. The molecule has 0 radical (unpaired) electrons. The van der Waals surface area contributed by atoms with Crippen molar-refractivity contribution in [3.05, 3.63) is 48.4 Å². The van der Waals surface area contributed by atoms with Crippen molar-refractivity contribution in [1.82, 2.24) is 15.2 Å². The molecule has 1 aromatic carbocycles. The number of hydrogen-bond donors (Lipinski definition) is 2. The molecule has 0 saturated carbocycles. The number of benzene rings is 1. The molecule has 1 atom stereocenters. The molecule has 0 fully saturated rings. The quantitative estimate of drug-likeness (QED) is 0.744. The minimum absolute atomic E-state index is 0.145. The summed E-state index contributed by atoms with van der Waals surface area (Å²) in [6.07, 6.45) is 2.28. The van der Waals surface area contributed by atoms with Gasteiger partial charge in [-0.1, -0.05) is 0 Å². The van der Waals surface area contributed by atoms with Crippen molar-refractivity contribution in [2.45, 2.75) is 13.0 Å². The number of H-pyrrole nitrogens is 1. The van der Waals surface area contributed by atoms with Gasteiger partial charge in [0.15, 0.2) is 11.9 Å². The van der Waals surface area contributed by atoms with Gasteiger partial charge < -0.3 is 9.15 Å². The second-order valence-electron chi connectivity index (χ2n) is 4.91. The van der Waals surface area contributed by atoms with Gasteiger partial charge >= 0.3 is 0 Å². The number of carbonyl (C=O) groups is 1. The first-order valence-corrected chi connectivity index (χ1v) is 7.08. The number of nitriles is 1. The Balaban J connectivity index is 1.60. The number of anilines is 1. The van der Waals surface area contributed by atoms with Crippen molar-refractivity contribution >= 4 is 11.9 Å². The summed E-state index contributed by atoms with van der Waals surface area (Å²) in [7, 11) is 0. The van der Waals surface area contributed by atoms with Gasteiger partial charge in [-0.05, 0) is 37.3 Å². The van der Waals surface area contributed by atoms with Crippen molar-refractivity contribution in [1.29, 1.82) is 5.26 Å². The highest BCUT2D eigenvalue weighted by molar-refractivity contribution is 5.92. The topological polar surface area (TPSA) is 117 Å². The van der Waals surface area contributed by atoms with Crippen LogP contribution < -0.4 is 10.1 Å². The zero-order valence-electron chi connectivity index (χ0n) is 12.7. The first kappa shape index (κ1) is 15.3. The Bertz CT molecular complexity index is 862. The van der Waals surface area contributed by atoms with Gasteiger partial charge in [0.1, 0.15) is 12.0 Å². The van der Waals surface area contributed by atoms with E-state index < -0.39 is 12.0 Å². The van der Waals surface area contributed by atoms with Crippen LogP contribution in [0, 0.1) is 11.3 Å². The van der Waals surface area contributed by atoms with Gasteiger partial charge in [0, 0.05) is 0 Å². The van der Waals surface area contributed by atoms with Gasteiger partial charge in [0.25, 0.3) is 5.91 Å². The van der Waals surface area contributed by atoms with Crippen LogP contribution in [0.5, 0.6) is 5.75 Å². The maximum absolute atomic E-state index is 12.1. The fourth-order valence-corrected chi connectivity index (χ4v) is 1.92. The van der Waals surface area contributed by atoms with Crippen LogP contribution in [-0.4, -0.2) is 27.2 Å². The maximum atomic E-state index is 12.1. The number of carbonyl (C=O) groups excluding carboxylic acids is 1. The highest BCUT2D eigenvalue weighted by Gasteiger charge is 2.17. The largest absolute Gasteiger partial charge is 0.481 e. The highest BCUT2D eigenvalue weighted by atomic mass is 16.5. The Morgan fingerprint density at radius 1 is 1.38 bits per heavy atom. The van der Waals surface area contributed by atoms with E-state index in [1.807, 2.05) is 6.07 Å².